The minimum absolute atomic E-state index is 0. The largest absolute Gasteiger partial charge is 0.357 e. The summed E-state index contributed by atoms with van der Waals surface area (Å²) in [6, 6.07) is 0. The van der Waals surface area contributed by atoms with Crippen LogP contribution in [0.1, 0.15) is 57.4 Å². The van der Waals surface area contributed by atoms with Crippen LogP contribution in [-0.4, -0.2) is 71.4 Å². The molecule has 2 saturated heterocycles. The molecule has 3 rings (SSSR count). The van der Waals surface area contributed by atoms with E-state index in [-0.39, 0.29) is 24.0 Å². The molecular formula is C21H39IN6. The van der Waals surface area contributed by atoms with Gasteiger partial charge in [-0.3, -0.25) is 9.67 Å². The highest BCUT2D eigenvalue weighted by Gasteiger charge is 2.26. The van der Waals surface area contributed by atoms with Crippen molar-refractivity contribution in [3.05, 3.63) is 18.0 Å². The lowest BCUT2D eigenvalue weighted by molar-refractivity contribution is 0.190. The summed E-state index contributed by atoms with van der Waals surface area (Å²) in [5.74, 6) is 2.59. The maximum Gasteiger partial charge on any atom is 0.193 e. The lowest BCUT2D eigenvalue weighted by Crippen LogP contribution is -2.40. The van der Waals surface area contributed by atoms with Crippen molar-refractivity contribution in [3.8, 4) is 0 Å². The Kier molecular flexibility index (Phi) is 10.0. The summed E-state index contributed by atoms with van der Waals surface area (Å²) >= 11 is 0. The number of likely N-dealkylation sites (tertiary alicyclic amines) is 2. The van der Waals surface area contributed by atoms with E-state index in [1.807, 2.05) is 17.9 Å². The van der Waals surface area contributed by atoms with Gasteiger partial charge in [0.25, 0.3) is 0 Å². The summed E-state index contributed by atoms with van der Waals surface area (Å²) in [7, 11) is 1.99. The van der Waals surface area contributed by atoms with Crippen molar-refractivity contribution < 1.29 is 0 Å². The van der Waals surface area contributed by atoms with E-state index >= 15 is 0 Å². The van der Waals surface area contributed by atoms with E-state index in [4.69, 9.17) is 4.99 Å². The van der Waals surface area contributed by atoms with E-state index in [2.05, 4.69) is 40.3 Å². The highest BCUT2D eigenvalue weighted by atomic mass is 127. The van der Waals surface area contributed by atoms with Gasteiger partial charge in [0.15, 0.2) is 5.96 Å². The van der Waals surface area contributed by atoms with Crippen molar-refractivity contribution in [2.75, 3.05) is 45.8 Å². The summed E-state index contributed by atoms with van der Waals surface area (Å²) < 4.78 is 1.90. The zero-order valence-electron chi connectivity index (χ0n) is 17.9. The molecule has 6 nitrogen and oxygen atoms in total. The van der Waals surface area contributed by atoms with Crippen molar-refractivity contribution in [3.63, 3.8) is 0 Å². The van der Waals surface area contributed by atoms with E-state index in [1.165, 1.54) is 57.3 Å². The number of aryl methyl sites for hydroxylation is 1. The van der Waals surface area contributed by atoms with E-state index in [0.717, 1.165) is 38.1 Å². The molecule has 0 aromatic carbocycles. The zero-order chi connectivity index (χ0) is 19.1. The number of nitrogens with zero attached hydrogens (tertiary/aromatic N) is 5. The first-order valence-electron chi connectivity index (χ1n) is 10.9. The van der Waals surface area contributed by atoms with Crippen molar-refractivity contribution >= 4 is 29.9 Å². The zero-order valence-corrected chi connectivity index (χ0v) is 20.3. The summed E-state index contributed by atoms with van der Waals surface area (Å²) in [5, 5.41) is 7.82. The number of piperidine rings is 1. The van der Waals surface area contributed by atoms with Crippen molar-refractivity contribution in [2.45, 2.75) is 51.9 Å². The topological polar surface area (TPSA) is 48.7 Å². The first-order chi connectivity index (χ1) is 13.2. The molecule has 0 saturated carbocycles. The van der Waals surface area contributed by atoms with Crippen LogP contribution in [0.25, 0.3) is 0 Å². The summed E-state index contributed by atoms with van der Waals surface area (Å²) in [6.45, 7) is 12.3. The molecular weight excluding hydrogens is 463 g/mol. The Labute approximate surface area is 188 Å². The standard InChI is InChI=1S/C21H38N6.HI/c1-4-22-21(23-10-5-6-11-26-12-7-18(2)8-13-26)27-14-9-19(17-27)20-15-24-25(3)16-20;/h15-16,18-19H,4-14,17H2,1-3H3,(H,22,23);1H. The minimum Gasteiger partial charge on any atom is -0.357 e. The van der Waals surface area contributed by atoms with Gasteiger partial charge in [-0.2, -0.15) is 5.10 Å². The van der Waals surface area contributed by atoms with Gasteiger partial charge < -0.3 is 15.1 Å². The van der Waals surface area contributed by atoms with Gasteiger partial charge in [-0.25, -0.2) is 0 Å². The van der Waals surface area contributed by atoms with Crippen molar-refractivity contribution in [2.24, 2.45) is 18.0 Å². The molecule has 1 aromatic heterocycles. The van der Waals surface area contributed by atoms with Gasteiger partial charge in [0.1, 0.15) is 0 Å². The number of hydrogen-bond acceptors (Lipinski definition) is 3. The van der Waals surface area contributed by atoms with Gasteiger partial charge in [0.2, 0.25) is 0 Å². The number of nitrogens with one attached hydrogen (secondary N) is 1. The molecule has 0 radical (unpaired) electrons. The third-order valence-corrected chi connectivity index (χ3v) is 6.04. The van der Waals surface area contributed by atoms with Crippen LogP contribution < -0.4 is 5.32 Å². The Morgan fingerprint density at radius 2 is 2.00 bits per heavy atom. The van der Waals surface area contributed by atoms with Gasteiger partial charge in [0.05, 0.1) is 6.20 Å². The highest BCUT2D eigenvalue weighted by Crippen LogP contribution is 2.26. The second kappa shape index (κ2) is 12.0. The van der Waals surface area contributed by atoms with Gasteiger partial charge in [-0.05, 0) is 70.1 Å². The molecule has 2 aliphatic rings. The van der Waals surface area contributed by atoms with Crippen LogP contribution in [0.5, 0.6) is 0 Å². The SMILES string of the molecule is CCNC(=NCCCCN1CCC(C)CC1)N1CCC(c2cnn(C)c2)C1.I. The maximum atomic E-state index is 4.92. The average molecular weight is 502 g/mol. The monoisotopic (exact) mass is 502 g/mol. The Balaban J connectivity index is 0.00000280. The fourth-order valence-electron chi connectivity index (χ4n) is 4.22. The average Bonchev–Trinajstić information content (AvgIpc) is 3.31. The lowest BCUT2D eigenvalue weighted by atomic mass is 9.99. The Hall–Kier alpha value is -0.830. The van der Waals surface area contributed by atoms with Crippen molar-refractivity contribution in [1.82, 2.24) is 24.9 Å². The molecule has 0 bridgehead atoms. The molecule has 160 valence electrons. The molecule has 7 heteroatoms. The normalized spacial score (nSPS) is 21.8. The van der Waals surface area contributed by atoms with Crippen LogP contribution >= 0.6 is 24.0 Å². The quantitative estimate of drug-likeness (QED) is 0.269. The molecule has 2 fully saturated rings. The molecule has 28 heavy (non-hydrogen) atoms. The molecule has 0 aliphatic carbocycles. The number of guanidine groups is 1. The minimum atomic E-state index is 0. The molecule has 0 amide bonds. The molecule has 1 aromatic rings. The van der Waals surface area contributed by atoms with Crippen LogP contribution in [0.3, 0.4) is 0 Å². The van der Waals surface area contributed by atoms with E-state index in [9.17, 15) is 0 Å². The number of rotatable bonds is 7. The van der Waals surface area contributed by atoms with Crippen LogP contribution in [0, 0.1) is 5.92 Å². The number of hydrogen-bond donors (Lipinski definition) is 1. The van der Waals surface area contributed by atoms with Crippen molar-refractivity contribution in [1.29, 1.82) is 0 Å². The smallest absolute Gasteiger partial charge is 0.193 e. The molecule has 1 unspecified atom stereocenters. The van der Waals surface area contributed by atoms with E-state index in [1.54, 1.807) is 0 Å². The first-order valence-corrected chi connectivity index (χ1v) is 10.9. The fraction of sp³-hybridized carbons (Fsp3) is 0.810. The number of unbranched alkanes of at least 4 members (excludes halogenated alkanes) is 1. The predicted octanol–water partition coefficient (Wildman–Crippen LogP) is 3.31. The van der Waals surface area contributed by atoms with Crippen LogP contribution in [0.4, 0.5) is 0 Å². The molecule has 1 N–H and O–H groups in total. The van der Waals surface area contributed by atoms with Gasteiger partial charge in [-0.15, -0.1) is 24.0 Å². The summed E-state index contributed by atoms with van der Waals surface area (Å²) in [5.41, 5.74) is 1.35. The number of aromatic nitrogens is 2. The number of aliphatic imine (C=N–C) groups is 1. The lowest BCUT2D eigenvalue weighted by Gasteiger charge is -2.30. The number of halogens is 1. The predicted molar refractivity (Wildman–Crippen MR) is 128 cm³/mol. The van der Waals surface area contributed by atoms with Crippen LogP contribution in [-0.2, 0) is 7.05 Å². The fourth-order valence-corrected chi connectivity index (χ4v) is 4.22. The molecule has 1 atom stereocenters. The van der Waals surface area contributed by atoms with Crippen LogP contribution in [0.15, 0.2) is 17.4 Å². The first kappa shape index (κ1) is 23.4. The third kappa shape index (κ3) is 6.90. The molecule has 0 spiro atoms. The van der Waals surface area contributed by atoms with E-state index < -0.39 is 0 Å². The Morgan fingerprint density at radius 3 is 2.68 bits per heavy atom. The Morgan fingerprint density at radius 1 is 1.21 bits per heavy atom. The van der Waals surface area contributed by atoms with Gasteiger partial charge in [-0.1, -0.05) is 6.92 Å². The van der Waals surface area contributed by atoms with E-state index in [0.29, 0.717) is 5.92 Å². The third-order valence-electron chi connectivity index (χ3n) is 6.04. The molecule has 2 aliphatic heterocycles. The van der Waals surface area contributed by atoms with Gasteiger partial charge in [0, 0.05) is 45.3 Å². The second-order valence-corrected chi connectivity index (χ2v) is 8.35. The maximum absolute atomic E-state index is 4.92. The van der Waals surface area contributed by atoms with Gasteiger partial charge >= 0.3 is 0 Å². The second-order valence-electron chi connectivity index (χ2n) is 8.35. The molecule has 3 heterocycles. The Bertz CT molecular complexity index is 593. The summed E-state index contributed by atoms with van der Waals surface area (Å²) in [4.78, 5) is 9.97. The summed E-state index contributed by atoms with van der Waals surface area (Å²) in [6.07, 6.45) is 10.5. The highest BCUT2D eigenvalue weighted by molar-refractivity contribution is 14.0. The van der Waals surface area contributed by atoms with Crippen LogP contribution in [0.2, 0.25) is 0 Å².